The number of urea groups is 1. The van der Waals surface area contributed by atoms with Crippen LogP contribution in [0.4, 0.5) is 10.5 Å². The van der Waals surface area contributed by atoms with Gasteiger partial charge in [-0.05, 0) is 68.7 Å². The lowest BCUT2D eigenvalue weighted by Gasteiger charge is -2.35. The van der Waals surface area contributed by atoms with Crippen molar-refractivity contribution in [2.45, 2.75) is 33.7 Å². The molecule has 1 aliphatic rings. The van der Waals surface area contributed by atoms with Crippen molar-refractivity contribution in [2.24, 2.45) is 0 Å². The molecule has 0 bridgehead atoms. The molecule has 1 aliphatic heterocycles. The van der Waals surface area contributed by atoms with Crippen molar-refractivity contribution in [2.75, 3.05) is 12.0 Å². The molecule has 7 nitrogen and oxygen atoms in total. The van der Waals surface area contributed by atoms with Gasteiger partial charge in [0.2, 0.25) is 5.82 Å². The van der Waals surface area contributed by atoms with Gasteiger partial charge in [-0.3, -0.25) is 4.90 Å². The smallest absolute Gasteiger partial charge is 0.326 e. The minimum atomic E-state index is -0.445. The van der Waals surface area contributed by atoms with Crippen LogP contribution < -0.4 is 15.0 Å². The van der Waals surface area contributed by atoms with Gasteiger partial charge in [-0.15, -0.1) is 0 Å². The summed E-state index contributed by atoms with van der Waals surface area (Å²) >= 11 is 0. The van der Waals surface area contributed by atoms with Crippen LogP contribution in [0.3, 0.4) is 0 Å². The van der Waals surface area contributed by atoms with E-state index in [1.165, 1.54) is 0 Å². The van der Waals surface area contributed by atoms with Gasteiger partial charge in [-0.25, -0.2) is 4.79 Å². The number of aromatic nitrogens is 2. The van der Waals surface area contributed by atoms with Crippen molar-refractivity contribution < 1.29 is 14.1 Å². The predicted octanol–water partition coefficient (Wildman–Crippen LogP) is 6.37. The highest BCUT2D eigenvalue weighted by atomic mass is 16.5. The summed E-state index contributed by atoms with van der Waals surface area (Å²) in [6, 6.07) is 21.0. The van der Waals surface area contributed by atoms with Crippen molar-refractivity contribution in [3.05, 3.63) is 101 Å². The van der Waals surface area contributed by atoms with Crippen LogP contribution in [0.2, 0.25) is 0 Å². The van der Waals surface area contributed by atoms with Gasteiger partial charge in [0.25, 0.3) is 5.89 Å². The highest BCUT2D eigenvalue weighted by Crippen LogP contribution is 2.39. The van der Waals surface area contributed by atoms with Crippen molar-refractivity contribution in [1.82, 2.24) is 15.5 Å². The number of methoxy groups -OCH3 is 1. The molecule has 2 amide bonds. The molecule has 5 rings (SSSR count). The van der Waals surface area contributed by atoms with E-state index in [-0.39, 0.29) is 6.03 Å². The molecule has 0 saturated carbocycles. The monoisotopic (exact) mass is 480 g/mol. The zero-order valence-corrected chi connectivity index (χ0v) is 21.0. The molecule has 0 spiro atoms. The molecule has 7 heteroatoms. The van der Waals surface area contributed by atoms with E-state index in [2.05, 4.69) is 16.5 Å². The van der Waals surface area contributed by atoms with E-state index in [4.69, 9.17) is 14.2 Å². The summed E-state index contributed by atoms with van der Waals surface area (Å²) in [5.41, 5.74) is 7.27. The Hall–Kier alpha value is -4.39. The number of anilines is 1. The number of nitrogens with one attached hydrogen (secondary N) is 1. The molecule has 0 aliphatic carbocycles. The molecule has 1 N–H and O–H groups in total. The van der Waals surface area contributed by atoms with Crippen molar-refractivity contribution in [1.29, 1.82) is 0 Å². The topological polar surface area (TPSA) is 80.5 Å². The van der Waals surface area contributed by atoms with E-state index in [1.807, 2.05) is 88.4 Å². The number of amides is 2. The average molecular weight is 481 g/mol. The van der Waals surface area contributed by atoms with Crippen LogP contribution in [0.1, 0.15) is 41.1 Å². The Morgan fingerprint density at radius 3 is 2.33 bits per heavy atom. The summed E-state index contributed by atoms with van der Waals surface area (Å²) in [7, 11) is 1.62. The molecule has 0 saturated heterocycles. The molecule has 2 heterocycles. The van der Waals surface area contributed by atoms with Crippen LogP contribution in [0.5, 0.6) is 5.75 Å². The lowest BCUT2D eigenvalue weighted by molar-refractivity contribution is 0.244. The fraction of sp³-hybridized carbons (Fsp3) is 0.207. The minimum Gasteiger partial charge on any atom is -0.497 e. The summed E-state index contributed by atoms with van der Waals surface area (Å²) in [5.74, 6) is 1.50. The molecule has 36 heavy (non-hydrogen) atoms. The van der Waals surface area contributed by atoms with E-state index in [9.17, 15) is 4.79 Å². The molecule has 1 unspecified atom stereocenters. The molecule has 1 aromatic heterocycles. The fourth-order valence-corrected chi connectivity index (χ4v) is 4.63. The van der Waals surface area contributed by atoms with E-state index >= 15 is 0 Å². The zero-order chi connectivity index (χ0) is 25.4. The maximum atomic E-state index is 13.5. The van der Waals surface area contributed by atoms with Crippen molar-refractivity contribution >= 4 is 17.3 Å². The molecule has 3 aromatic carbocycles. The van der Waals surface area contributed by atoms with Crippen LogP contribution in [-0.2, 0) is 0 Å². The van der Waals surface area contributed by atoms with Gasteiger partial charge in [0, 0.05) is 11.3 Å². The summed E-state index contributed by atoms with van der Waals surface area (Å²) in [4.78, 5) is 19.9. The fourth-order valence-electron chi connectivity index (χ4n) is 4.63. The highest BCUT2D eigenvalue weighted by Gasteiger charge is 2.36. The predicted molar refractivity (Wildman–Crippen MR) is 140 cm³/mol. The van der Waals surface area contributed by atoms with E-state index in [0.717, 1.165) is 44.8 Å². The maximum absolute atomic E-state index is 13.5. The normalized spacial score (nSPS) is 15.8. The average Bonchev–Trinajstić information content (AvgIpc) is 3.33. The number of benzene rings is 3. The van der Waals surface area contributed by atoms with Crippen LogP contribution in [0.25, 0.3) is 17.0 Å². The number of rotatable bonds is 5. The zero-order valence-electron chi connectivity index (χ0n) is 21.0. The number of ether oxygens (including phenoxy) is 1. The Morgan fingerprint density at radius 1 is 0.917 bits per heavy atom. The molecule has 4 aromatic rings. The Kier molecular flexibility index (Phi) is 6.06. The maximum Gasteiger partial charge on any atom is 0.326 e. The molecule has 182 valence electrons. The standard InChI is InChI=1S/C29H28N4O3/c1-17-9-11-21(12-10-17)26-25(28-31-27(32-36-28)22-7-6-8-24(16-22)35-5)20(4)33(29(34)30-26)23-14-18(2)13-19(3)15-23/h6-16,26H,1-5H3,(H,30,34). The number of allylic oxidation sites excluding steroid dienone is 1. The summed E-state index contributed by atoms with van der Waals surface area (Å²) in [5, 5.41) is 7.42. The molecule has 0 radical (unpaired) electrons. The Balaban J connectivity index is 1.66. The van der Waals surface area contributed by atoms with Crippen LogP contribution in [-0.4, -0.2) is 23.3 Å². The summed E-state index contributed by atoms with van der Waals surface area (Å²) in [6.45, 7) is 7.99. The minimum absolute atomic E-state index is 0.209. The Bertz CT molecular complexity index is 1450. The number of carbonyl (C=O) groups is 1. The summed E-state index contributed by atoms with van der Waals surface area (Å²) < 4.78 is 11.2. The summed E-state index contributed by atoms with van der Waals surface area (Å²) in [6.07, 6.45) is 0. The second-order valence-corrected chi connectivity index (χ2v) is 9.13. The molecule has 1 atom stereocenters. The quantitative estimate of drug-likeness (QED) is 0.359. The first-order valence-electron chi connectivity index (χ1n) is 11.8. The lowest BCUT2D eigenvalue weighted by Crippen LogP contribution is -2.46. The van der Waals surface area contributed by atoms with Crippen molar-refractivity contribution in [3.63, 3.8) is 0 Å². The van der Waals surface area contributed by atoms with Gasteiger partial charge < -0.3 is 14.6 Å². The second-order valence-electron chi connectivity index (χ2n) is 9.13. The first kappa shape index (κ1) is 23.4. The Labute approximate surface area is 210 Å². The molecular formula is C29H28N4O3. The van der Waals surface area contributed by atoms with Gasteiger partial charge in [0.1, 0.15) is 5.75 Å². The van der Waals surface area contributed by atoms with Crippen LogP contribution in [0.15, 0.2) is 77.0 Å². The van der Waals surface area contributed by atoms with Gasteiger partial charge in [-0.1, -0.05) is 53.2 Å². The van der Waals surface area contributed by atoms with Gasteiger partial charge >= 0.3 is 6.03 Å². The number of nitrogens with zero attached hydrogens (tertiary/aromatic N) is 3. The first-order chi connectivity index (χ1) is 17.3. The SMILES string of the molecule is COc1cccc(-c2noc(C3=C(C)N(c4cc(C)cc(C)c4)C(=O)NC3c3ccc(C)cc3)n2)c1. The van der Waals surface area contributed by atoms with Crippen molar-refractivity contribution in [3.8, 4) is 17.1 Å². The number of hydrogen-bond donors (Lipinski definition) is 1. The highest BCUT2D eigenvalue weighted by molar-refractivity contribution is 6.01. The third-order valence-electron chi connectivity index (χ3n) is 6.34. The third kappa shape index (κ3) is 4.35. The van der Waals surface area contributed by atoms with Gasteiger partial charge in [0.05, 0.1) is 24.4 Å². The van der Waals surface area contributed by atoms with E-state index in [1.54, 1.807) is 12.0 Å². The Morgan fingerprint density at radius 2 is 1.64 bits per heavy atom. The molecular weight excluding hydrogens is 452 g/mol. The van der Waals surface area contributed by atoms with Crippen LogP contribution in [0, 0.1) is 20.8 Å². The van der Waals surface area contributed by atoms with Crippen LogP contribution >= 0.6 is 0 Å². The van der Waals surface area contributed by atoms with Gasteiger partial charge in [-0.2, -0.15) is 4.98 Å². The number of aryl methyl sites for hydroxylation is 3. The number of carbonyl (C=O) groups excluding carboxylic acids is 1. The third-order valence-corrected chi connectivity index (χ3v) is 6.34. The largest absolute Gasteiger partial charge is 0.497 e. The first-order valence-corrected chi connectivity index (χ1v) is 11.8. The van der Waals surface area contributed by atoms with E-state index < -0.39 is 6.04 Å². The van der Waals surface area contributed by atoms with E-state index in [0.29, 0.717) is 17.5 Å². The molecule has 0 fully saturated rings. The lowest BCUT2D eigenvalue weighted by atomic mass is 9.93. The van der Waals surface area contributed by atoms with Gasteiger partial charge in [0.15, 0.2) is 0 Å². The second kappa shape index (κ2) is 9.34. The number of hydrogen-bond acceptors (Lipinski definition) is 5.